The van der Waals surface area contributed by atoms with Crippen LogP contribution in [0.5, 0.6) is 0 Å². The Bertz CT molecular complexity index is 169. The van der Waals surface area contributed by atoms with E-state index in [1.807, 2.05) is 25.4 Å². The van der Waals surface area contributed by atoms with Gasteiger partial charge in [-0.05, 0) is 6.07 Å². The number of halogens is 2. The number of aryl methyl sites for hydroxylation is 1. The van der Waals surface area contributed by atoms with E-state index < -0.39 is 0 Å². The van der Waals surface area contributed by atoms with E-state index in [2.05, 4.69) is 33.2 Å². The summed E-state index contributed by atoms with van der Waals surface area (Å²) in [5, 5.41) is 0. The second-order valence-electron chi connectivity index (χ2n) is 1.63. The highest BCUT2D eigenvalue weighted by Crippen LogP contribution is 1.92. The molecule has 1 aromatic rings. The van der Waals surface area contributed by atoms with Crippen LogP contribution in [0.3, 0.4) is 0 Å². The van der Waals surface area contributed by atoms with Crippen molar-refractivity contribution in [3.63, 3.8) is 0 Å². The topological polar surface area (TPSA) is 3.88 Å². The Hall–Kier alpha value is 0.170. The predicted molar refractivity (Wildman–Crippen MR) is 40.3 cm³/mol. The van der Waals surface area contributed by atoms with Crippen molar-refractivity contribution >= 4 is 22.6 Å². The van der Waals surface area contributed by atoms with Gasteiger partial charge in [-0.25, -0.2) is 0 Å². The Labute approximate surface area is 74.6 Å². The lowest BCUT2D eigenvalue weighted by atomic mass is 10.5. The minimum Gasteiger partial charge on any atom is -1.00 e. The molecule has 0 aliphatic rings. The molecule has 3 heteroatoms. The Balaban J connectivity index is 0.000000640. The molecule has 0 aliphatic carbocycles. The third kappa shape index (κ3) is 2.49. The van der Waals surface area contributed by atoms with Gasteiger partial charge in [-0.2, -0.15) is 4.57 Å². The van der Waals surface area contributed by atoms with Crippen molar-refractivity contribution in [2.45, 2.75) is 0 Å². The van der Waals surface area contributed by atoms with Gasteiger partial charge in [0, 0.05) is 34.7 Å². The molecule has 0 radical (unpaired) electrons. The first-order valence-corrected chi connectivity index (χ1v) is 3.49. The van der Waals surface area contributed by atoms with Crippen LogP contribution >= 0.6 is 22.6 Å². The van der Waals surface area contributed by atoms with Gasteiger partial charge in [0.25, 0.3) is 0 Å². The molecule has 1 aromatic heterocycles. The summed E-state index contributed by atoms with van der Waals surface area (Å²) in [6, 6.07) is 6.12. The van der Waals surface area contributed by atoms with E-state index in [1.54, 1.807) is 0 Å². The highest BCUT2D eigenvalue weighted by atomic mass is 127. The predicted octanol–water partition coefficient (Wildman–Crippen LogP) is -1.88. The van der Waals surface area contributed by atoms with Crippen LogP contribution in [0.1, 0.15) is 0 Å². The normalized spacial score (nSPS) is 8.22. The van der Waals surface area contributed by atoms with Crippen molar-refractivity contribution in [2.75, 3.05) is 0 Å². The highest BCUT2D eigenvalue weighted by Gasteiger charge is 1.94. The van der Waals surface area contributed by atoms with Crippen molar-refractivity contribution < 1.29 is 17.0 Å². The molecule has 0 amide bonds. The number of hydrogen-bond acceptors (Lipinski definition) is 0. The lowest BCUT2D eigenvalue weighted by Crippen LogP contribution is -3.00. The largest absolute Gasteiger partial charge is 1.00 e. The fourth-order valence-electron chi connectivity index (χ4n) is 0.503. The summed E-state index contributed by atoms with van der Waals surface area (Å²) >= 11 is 2.29. The summed E-state index contributed by atoms with van der Waals surface area (Å²) < 4.78 is 3.32. The van der Waals surface area contributed by atoms with Crippen LogP contribution in [0.4, 0.5) is 0 Å². The van der Waals surface area contributed by atoms with E-state index in [1.165, 1.54) is 3.70 Å². The van der Waals surface area contributed by atoms with E-state index in [0.29, 0.717) is 0 Å². The summed E-state index contributed by atoms with van der Waals surface area (Å²) in [6.45, 7) is 0. The number of aromatic nitrogens is 1. The number of hydrogen-bond donors (Lipinski definition) is 0. The van der Waals surface area contributed by atoms with Gasteiger partial charge in [0.1, 0.15) is 7.05 Å². The number of pyridine rings is 1. The Morgan fingerprint density at radius 2 is 2.11 bits per heavy atom. The van der Waals surface area contributed by atoms with E-state index in [-0.39, 0.29) is 12.4 Å². The zero-order valence-corrected chi connectivity index (χ0v) is 7.93. The van der Waals surface area contributed by atoms with E-state index in [9.17, 15) is 0 Å². The molecule has 0 atom stereocenters. The van der Waals surface area contributed by atoms with Gasteiger partial charge in [-0.1, -0.05) is 0 Å². The Morgan fingerprint density at radius 3 is 2.44 bits per heavy atom. The summed E-state index contributed by atoms with van der Waals surface area (Å²) in [7, 11) is 2.03. The molecular weight excluding hydrogens is 248 g/mol. The van der Waals surface area contributed by atoms with Crippen LogP contribution in [0.25, 0.3) is 0 Å². The molecule has 0 fully saturated rings. The summed E-state index contributed by atoms with van der Waals surface area (Å²) in [5.41, 5.74) is 0. The lowest BCUT2D eigenvalue weighted by Gasteiger charge is -1.85. The van der Waals surface area contributed by atoms with Gasteiger partial charge in [-0.3, -0.25) is 0 Å². The van der Waals surface area contributed by atoms with Crippen molar-refractivity contribution in [3.05, 3.63) is 28.1 Å². The van der Waals surface area contributed by atoms with Crippen LogP contribution in [-0.2, 0) is 7.05 Å². The van der Waals surface area contributed by atoms with Crippen molar-refractivity contribution in [1.82, 2.24) is 0 Å². The molecular formula is C6H7ClIN. The molecule has 1 nitrogen and oxygen atoms in total. The minimum absolute atomic E-state index is 0. The average molecular weight is 255 g/mol. The molecule has 0 saturated heterocycles. The van der Waals surface area contributed by atoms with Crippen molar-refractivity contribution in [1.29, 1.82) is 0 Å². The second kappa shape index (κ2) is 4.06. The molecule has 9 heavy (non-hydrogen) atoms. The van der Waals surface area contributed by atoms with E-state index in [0.717, 1.165) is 0 Å². The van der Waals surface area contributed by atoms with Gasteiger partial charge < -0.3 is 12.4 Å². The van der Waals surface area contributed by atoms with Crippen molar-refractivity contribution in [2.24, 2.45) is 7.05 Å². The Morgan fingerprint density at radius 1 is 1.44 bits per heavy atom. The third-order valence-electron chi connectivity index (χ3n) is 0.991. The monoisotopic (exact) mass is 255 g/mol. The van der Waals surface area contributed by atoms with Crippen LogP contribution < -0.4 is 17.0 Å². The lowest BCUT2D eigenvalue weighted by molar-refractivity contribution is -0.684. The highest BCUT2D eigenvalue weighted by molar-refractivity contribution is 14.1. The maximum atomic E-state index is 2.29. The zero-order chi connectivity index (χ0) is 5.98. The quantitative estimate of drug-likeness (QED) is 0.290. The van der Waals surface area contributed by atoms with Gasteiger partial charge in [0.2, 0.25) is 3.70 Å². The molecule has 1 rings (SSSR count). The molecule has 1 heterocycles. The van der Waals surface area contributed by atoms with Crippen LogP contribution in [-0.4, -0.2) is 0 Å². The average Bonchev–Trinajstić information content (AvgIpc) is 1.77. The standard InChI is InChI=1S/C6H7IN.ClH/c1-8-5-3-2-4-6(8)7;/h2-5H,1H3;1H/q+1;/p-1. The first kappa shape index (κ1) is 9.17. The zero-order valence-electron chi connectivity index (χ0n) is 5.01. The van der Waals surface area contributed by atoms with Gasteiger partial charge in [0.15, 0.2) is 6.20 Å². The fourth-order valence-corrected chi connectivity index (χ4v) is 0.871. The number of nitrogens with zero attached hydrogens (tertiary/aromatic N) is 1. The maximum absolute atomic E-state index is 2.29. The van der Waals surface area contributed by atoms with Crippen LogP contribution in [0, 0.1) is 3.70 Å². The maximum Gasteiger partial charge on any atom is 0.240 e. The smallest absolute Gasteiger partial charge is 0.240 e. The third-order valence-corrected chi connectivity index (χ3v) is 2.11. The summed E-state index contributed by atoms with van der Waals surface area (Å²) in [4.78, 5) is 0. The van der Waals surface area contributed by atoms with Gasteiger partial charge >= 0.3 is 0 Å². The van der Waals surface area contributed by atoms with Crippen LogP contribution in [0.15, 0.2) is 24.4 Å². The van der Waals surface area contributed by atoms with Crippen LogP contribution in [0.2, 0.25) is 0 Å². The first-order chi connectivity index (χ1) is 3.80. The molecule has 50 valence electrons. The van der Waals surface area contributed by atoms with E-state index in [4.69, 9.17) is 0 Å². The minimum atomic E-state index is 0. The summed E-state index contributed by atoms with van der Waals surface area (Å²) in [6.07, 6.45) is 2.03. The molecule has 0 unspecified atom stereocenters. The molecule has 0 bridgehead atoms. The van der Waals surface area contributed by atoms with Gasteiger partial charge in [-0.15, -0.1) is 0 Å². The van der Waals surface area contributed by atoms with E-state index >= 15 is 0 Å². The molecule has 0 N–H and O–H groups in total. The Kier molecular flexibility index (Phi) is 4.14. The molecule has 0 aliphatic heterocycles. The summed E-state index contributed by atoms with van der Waals surface area (Å²) in [5.74, 6) is 0. The van der Waals surface area contributed by atoms with Crippen molar-refractivity contribution in [3.8, 4) is 0 Å². The molecule has 0 spiro atoms. The van der Waals surface area contributed by atoms with Gasteiger partial charge in [0.05, 0.1) is 0 Å². The molecule has 0 saturated carbocycles. The molecule has 0 aromatic carbocycles. The second-order valence-corrected chi connectivity index (χ2v) is 2.74. The first-order valence-electron chi connectivity index (χ1n) is 2.41. The SMILES string of the molecule is C[n+]1ccccc1I.[Cl-]. The fraction of sp³-hybridized carbons (Fsp3) is 0.167. The number of rotatable bonds is 0.